The number of hydrogen-bond donors (Lipinski definition) is 3. The third-order valence-electron chi connectivity index (χ3n) is 5.49. The molecule has 1 aromatic rings. The van der Waals surface area contributed by atoms with Crippen LogP contribution in [0.2, 0.25) is 0 Å². The van der Waals surface area contributed by atoms with Crippen LogP contribution in [0.25, 0.3) is 0 Å². The summed E-state index contributed by atoms with van der Waals surface area (Å²) in [6.07, 6.45) is 4.40. The molecular formula is C24H43IN4O3. The predicted molar refractivity (Wildman–Crippen MR) is 143 cm³/mol. The highest BCUT2D eigenvalue weighted by molar-refractivity contribution is 14.0. The van der Waals surface area contributed by atoms with Gasteiger partial charge in [-0.05, 0) is 49.8 Å². The minimum Gasteiger partial charge on any atom is -0.396 e. The number of unbranched alkanes of at least 4 members (excludes halogenated alkanes) is 1. The van der Waals surface area contributed by atoms with E-state index in [2.05, 4.69) is 58.6 Å². The van der Waals surface area contributed by atoms with Gasteiger partial charge >= 0.3 is 0 Å². The second kappa shape index (κ2) is 18.3. The quantitative estimate of drug-likeness (QED) is 0.140. The van der Waals surface area contributed by atoms with Crippen molar-refractivity contribution in [2.45, 2.75) is 46.1 Å². The van der Waals surface area contributed by atoms with Gasteiger partial charge < -0.3 is 30.1 Å². The summed E-state index contributed by atoms with van der Waals surface area (Å²) in [6.45, 7) is 11.5. The molecular weight excluding hydrogens is 519 g/mol. The molecule has 0 aromatic heterocycles. The highest BCUT2D eigenvalue weighted by atomic mass is 127. The molecule has 0 aliphatic carbocycles. The van der Waals surface area contributed by atoms with Gasteiger partial charge in [-0.25, -0.2) is 4.99 Å². The molecule has 0 atom stereocenters. The van der Waals surface area contributed by atoms with Gasteiger partial charge in [0.2, 0.25) is 0 Å². The van der Waals surface area contributed by atoms with E-state index >= 15 is 0 Å². The summed E-state index contributed by atoms with van der Waals surface area (Å²) in [6, 6.07) is 8.67. The maximum atomic E-state index is 9.30. The lowest BCUT2D eigenvalue weighted by atomic mass is 9.97. The van der Waals surface area contributed by atoms with Gasteiger partial charge in [-0.1, -0.05) is 25.5 Å². The number of nitrogens with one attached hydrogen (secondary N) is 2. The van der Waals surface area contributed by atoms with Gasteiger partial charge in [0.1, 0.15) is 0 Å². The molecule has 8 heteroatoms. The van der Waals surface area contributed by atoms with Crippen LogP contribution in [-0.2, 0) is 16.0 Å². The molecule has 1 aliphatic heterocycles. The van der Waals surface area contributed by atoms with E-state index in [1.165, 1.54) is 11.3 Å². The van der Waals surface area contributed by atoms with E-state index in [-0.39, 0.29) is 24.0 Å². The van der Waals surface area contributed by atoms with Crippen molar-refractivity contribution >= 4 is 35.6 Å². The zero-order chi connectivity index (χ0) is 22.2. The van der Waals surface area contributed by atoms with Gasteiger partial charge in [-0.2, -0.15) is 0 Å². The van der Waals surface area contributed by atoms with E-state index in [9.17, 15) is 5.11 Å². The van der Waals surface area contributed by atoms with E-state index < -0.39 is 0 Å². The van der Waals surface area contributed by atoms with E-state index in [0.29, 0.717) is 45.4 Å². The summed E-state index contributed by atoms with van der Waals surface area (Å²) in [5.74, 6) is 1.27. The first kappa shape index (κ1) is 28.9. The molecule has 0 radical (unpaired) electrons. The molecule has 32 heavy (non-hydrogen) atoms. The number of guanidine groups is 1. The minimum atomic E-state index is 0. The summed E-state index contributed by atoms with van der Waals surface area (Å²) >= 11 is 0. The van der Waals surface area contributed by atoms with E-state index in [1.807, 2.05) is 0 Å². The summed E-state index contributed by atoms with van der Waals surface area (Å²) in [4.78, 5) is 7.09. The Morgan fingerprint density at radius 2 is 1.72 bits per heavy atom. The lowest BCUT2D eigenvalue weighted by molar-refractivity contribution is 0.0487. The van der Waals surface area contributed by atoms with Crippen LogP contribution in [0.3, 0.4) is 0 Å². The van der Waals surface area contributed by atoms with Gasteiger partial charge in [0.25, 0.3) is 0 Å². The summed E-state index contributed by atoms with van der Waals surface area (Å²) in [5, 5.41) is 15.9. The van der Waals surface area contributed by atoms with Crippen molar-refractivity contribution in [3.63, 3.8) is 0 Å². The molecule has 1 fully saturated rings. The van der Waals surface area contributed by atoms with Gasteiger partial charge in [0.05, 0.1) is 26.4 Å². The molecule has 0 unspecified atom stereocenters. The number of hydrogen-bond acceptors (Lipinski definition) is 5. The van der Waals surface area contributed by atoms with Crippen LogP contribution < -0.4 is 15.5 Å². The van der Waals surface area contributed by atoms with E-state index in [1.54, 1.807) is 0 Å². The minimum absolute atomic E-state index is 0. The zero-order valence-corrected chi connectivity index (χ0v) is 22.2. The molecule has 0 bridgehead atoms. The number of ether oxygens (including phenoxy) is 2. The molecule has 0 spiro atoms. The summed E-state index contributed by atoms with van der Waals surface area (Å²) in [5.41, 5.74) is 2.44. The number of benzene rings is 1. The highest BCUT2D eigenvalue weighted by Crippen LogP contribution is 2.23. The van der Waals surface area contributed by atoms with Crippen LogP contribution in [-0.4, -0.2) is 70.3 Å². The van der Waals surface area contributed by atoms with Gasteiger partial charge in [0, 0.05) is 45.1 Å². The Bertz CT molecular complexity index is 608. The number of rotatable bonds is 14. The molecule has 7 nitrogen and oxygen atoms in total. The lowest BCUT2D eigenvalue weighted by Gasteiger charge is -2.32. The van der Waals surface area contributed by atoms with Crippen molar-refractivity contribution in [1.82, 2.24) is 10.6 Å². The number of aliphatic hydroxyl groups excluding tert-OH is 1. The Kier molecular flexibility index (Phi) is 16.6. The number of piperidine rings is 1. The molecule has 1 saturated heterocycles. The van der Waals surface area contributed by atoms with E-state index in [4.69, 9.17) is 9.47 Å². The topological polar surface area (TPSA) is 78.4 Å². The first-order valence-electron chi connectivity index (χ1n) is 11.9. The first-order chi connectivity index (χ1) is 15.3. The monoisotopic (exact) mass is 562 g/mol. The fourth-order valence-corrected chi connectivity index (χ4v) is 3.51. The van der Waals surface area contributed by atoms with Crippen LogP contribution in [0, 0.1) is 5.92 Å². The maximum Gasteiger partial charge on any atom is 0.191 e. The third kappa shape index (κ3) is 11.7. The Balaban J connectivity index is 0.00000512. The Morgan fingerprint density at radius 3 is 2.34 bits per heavy atom. The molecule has 1 heterocycles. The smallest absolute Gasteiger partial charge is 0.191 e. The molecule has 0 amide bonds. The molecule has 1 aromatic carbocycles. The van der Waals surface area contributed by atoms with Crippen LogP contribution in [0.4, 0.5) is 5.69 Å². The Hall–Kier alpha value is -1.10. The van der Waals surface area contributed by atoms with Crippen molar-refractivity contribution in [1.29, 1.82) is 0 Å². The summed E-state index contributed by atoms with van der Waals surface area (Å²) in [7, 11) is 0. The van der Waals surface area contributed by atoms with Crippen molar-refractivity contribution in [3.05, 3.63) is 29.8 Å². The van der Waals surface area contributed by atoms with Crippen molar-refractivity contribution < 1.29 is 14.6 Å². The van der Waals surface area contributed by atoms with Crippen LogP contribution in [0.5, 0.6) is 0 Å². The first-order valence-corrected chi connectivity index (χ1v) is 11.9. The van der Waals surface area contributed by atoms with Gasteiger partial charge in [-0.15, -0.1) is 24.0 Å². The van der Waals surface area contributed by atoms with Crippen LogP contribution >= 0.6 is 24.0 Å². The molecule has 1 aliphatic rings. The number of aliphatic hydroxyl groups is 1. The maximum absolute atomic E-state index is 9.30. The molecule has 0 saturated carbocycles. The average molecular weight is 563 g/mol. The zero-order valence-electron chi connectivity index (χ0n) is 19.9. The normalized spacial score (nSPS) is 14.8. The molecule has 184 valence electrons. The van der Waals surface area contributed by atoms with Gasteiger partial charge in [0.15, 0.2) is 5.96 Å². The summed E-state index contributed by atoms with van der Waals surface area (Å²) < 4.78 is 11.1. The SMILES string of the molecule is CCCCOCCOCCNC(=NCc1ccc(N2CCC(CO)CC2)cc1)NCC.I. The average Bonchev–Trinajstić information content (AvgIpc) is 2.82. The molecule has 3 N–H and O–H groups in total. The Morgan fingerprint density at radius 1 is 1.03 bits per heavy atom. The number of halogens is 1. The fraction of sp³-hybridized carbons (Fsp3) is 0.708. The fourth-order valence-electron chi connectivity index (χ4n) is 3.51. The van der Waals surface area contributed by atoms with E-state index in [0.717, 1.165) is 57.9 Å². The number of nitrogens with zero attached hydrogens (tertiary/aromatic N) is 2. The number of anilines is 1. The second-order valence-corrected chi connectivity index (χ2v) is 7.98. The van der Waals surface area contributed by atoms with Crippen molar-refractivity contribution in [3.8, 4) is 0 Å². The lowest BCUT2D eigenvalue weighted by Crippen LogP contribution is -2.39. The predicted octanol–water partition coefficient (Wildman–Crippen LogP) is 3.40. The largest absolute Gasteiger partial charge is 0.396 e. The Labute approximate surface area is 211 Å². The van der Waals surface area contributed by atoms with Gasteiger partial charge in [-0.3, -0.25) is 0 Å². The number of aliphatic imine (C=N–C) groups is 1. The van der Waals surface area contributed by atoms with Crippen LogP contribution in [0.1, 0.15) is 45.1 Å². The molecule has 2 rings (SSSR count). The van der Waals surface area contributed by atoms with Crippen molar-refractivity contribution in [2.24, 2.45) is 10.9 Å². The van der Waals surface area contributed by atoms with Crippen LogP contribution in [0.15, 0.2) is 29.3 Å². The standard InChI is InChI=1S/C24H42N4O3.HI/c1-3-5-15-30-17-18-31-16-12-26-24(25-4-2)27-19-21-6-8-23(9-7-21)28-13-10-22(20-29)11-14-28;/h6-9,22,29H,3-5,10-20H2,1-2H3,(H2,25,26,27);1H. The van der Waals surface area contributed by atoms with Crippen molar-refractivity contribution in [2.75, 3.05) is 64.1 Å². The third-order valence-corrected chi connectivity index (χ3v) is 5.49. The second-order valence-electron chi connectivity index (χ2n) is 7.98. The highest BCUT2D eigenvalue weighted by Gasteiger charge is 2.18.